The number of anilines is 1. The first-order valence-corrected chi connectivity index (χ1v) is 7.48. The maximum atomic E-state index is 12.3. The normalized spacial score (nSPS) is 10.6. The van der Waals surface area contributed by atoms with E-state index in [0.29, 0.717) is 22.3 Å². The molecule has 0 atom stereocenters. The van der Waals surface area contributed by atoms with Gasteiger partial charge in [0.05, 0.1) is 5.56 Å². The first-order chi connectivity index (χ1) is 11.4. The van der Waals surface area contributed by atoms with Crippen LogP contribution in [0.1, 0.15) is 6.92 Å². The maximum absolute atomic E-state index is 12.3. The largest absolute Gasteiger partial charge is 0.427 e. The number of benzene rings is 2. The molecule has 5 heteroatoms. The number of hydrogen-bond acceptors (Lipinski definition) is 5. The first kappa shape index (κ1) is 15.8. The molecule has 0 unspecified atom stereocenters. The Balaban J connectivity index is 2.08. The van der Waals surface area contributed by atoms with Gasteiger partial charge in [0.2, 0.25) is 0 Å². The lowest BCUT2D eigenvalue weighted by molar-refractivity contribution is -0.131. The van der Waals surface area contributed by atoms with Crippen molar-refractivity contribution in [2.75, 3.05) is 19.0 Å². The van der Waals surface area contributed by atoms with Crippen LogP contribution in [-0.2, 0) is 4.79 Å². The van der Waals surface area contributed by atoms with E-state index < -0.39 is 11.6 Å². The summed E-state index contributed by atoms with van der Waals surface area (Å²) in [4.78, 5) is 25.3. The average molecular weight is 323 g/mol. The third-order valence-electron chi connectivity index (χ3n) is 3.66. The van der Waals surface area contributed by atoms with Crippen molar-refractivity contribution in [1.82, 2.24) is 0 Å². The highest BCUT2D eigenvalue weighted by atomic mass is 16.5. The van der Waals surface area contributed by atoms with Crippen molar-refractivity contribution < 1.29 is 13.9 Å². The molecule has 0 aliphatic rings. The van der Waals surface area contributed by atoms with Crippen molar-refractivity contribution in [3.8, 4) is 16.9 Å². The molecule has 0 radical (unpaired) electrons. The number of hydrogen-bond donors (Lipinski definition) is 0. The zero-order valence-corrected chi connectivity index (χ0v) is 13.7. The summed E-state index contributed by atoms with van der Waals surface area (Å²) in [6, 6.07) is 14.3. The SMILES string of the molecule is CC(=O)Oc1ccc2oc(=O)c(-c3ccc(N(C)C)cc3)cc2c1. The molecule has 0 amide bonds. The van der Waals surface area contributed by atoms with Gasteiger partial charge in [0, 0.05) is 32.1 Å². The second-order valence-electron chi connectivity index (χ2n) is 5.68. The van der Waals surface area contributed by atoms with Crippen LogP contribution in [0.5, 0.6) is 5.75 Å². The number of rotatable bonds is 3. The summed E-state index contributed by atoms with van der Waals surface area (Å²) < 4.78 is 10.5. The number of ether oxygens (including phenoxy) is 1. The van der Waals surface area contributed by atoms with Crippen LogP contribution in [-0.4, -0.2) is 20.1 Å². The van der Waals surface area contributed by atoms with Crippen molar-refractivity contribution in [2.45, 2.75) is 6.92 Å². The Morgan fingerprint density at radius 2 is 1.75 bits per heavy atom. The summed E-state index contributed by atoms with van der Waals surface area (Å²) in [6.07, 6.45) is 0. The second-order valence-corrected chi connectivity index (χ2v) is 5.68. The molecule has 0 spiro atoms. The Morgan fingerprint density at radius 3 is 2.38 bits per heavy atom. The average Bonchev–Trinajstić information content (AvgIpc) is 2.54. The number of carbonyl (C=O) groups is 1. The monoisotopic (exact) mass is 323 g/mol. The lowest BCUT2D eigenvalue weighted by atomic mass is 10.1. The molecule has 122 valence electrons. The van der Waals surface area contributed by atoms with Crippen LogP contribution in [0.15, 0.2) is 57.7 Å². The van der Waals surface area contributed by atoms with Gasteiger partial charge in [0.15, 0.2) is 0 Å². The van der Waals surface area contributed by atoms with Gasteiger partial charge in [0.1, 0.15) is 11.3 Å². The van der Waals surface area contributed by atoms with E-state index in [4.69, 9.17) is 9.15 Å². The van der Waals surface area contributed by atoms with Gasteiger partial charge in [-0.05, 0) is 42.0 Å². The molecule has 5 nitrogen and oxygen atoms in total. The van der Waals surface area contributed by atoms with Crippen LogP contribution in [0.2, 0.25) is 0 Å². The quantitative estimate of drug-likeness (QED) is 0.420. The summed E-state index contributed by atoms with van der Waals surface area (Å²) >= 11 is 0. The lowest BCUT2D eigenvalue weighted by Crippen LogP contribution is -2.08. The Morgan fingerprint density at radius 1 is 1.04 bits per heavy atom. The molecular formula is C19H17NO4. The fraction of sp³-hybridized carbons (Fsp3) is 0.158. The topological polar surface area (TPSA) is 59.8 Å². The second kappa shape index (κ2) is 6.20. The third kappa shape index (κ3) is 3.15. The Bertz CT molecular complexity index is 955. The van der Waals surface area contributed by atoms with E-state index in [-0.39, 0.29) is 0 Å². The van der Waals surface area contributed by atoms with Gasteiger partial charge < -0.3 is 14.1 Å². The highest BCUT2D eigenvalue weighted by Crippen LogP contribution is 2.26. The molecule has 0 saturated carbocycles. The fourth-order valence-corrected chi connectivity index (χ4v) is 2.47. The minimum Gasteiger partial charge on any atom is -0.427 e. The van der Waals surface area contributed by atoms with E-state index in [1.807, 2.05) is 43.3 Å². The van der Waals surface area contributed by atoms with Crippen LogP contribution in [0, 0.1) is 0 Å². The molecule has 24 heavy (non-hydrogen) atoms. The molecule has 1 heterocycles. The van der Waals surface area contributed by atoms with E-state index in [1.54, 1.807) is 24.3 Å². The van der Waals surface area contributed by atoms with Crippen LogP contribution in [0.3, 0.4) is 0 Å². The van der Waals surface area contributed by atoms with Crippen molar-refractivity contribution in [1.29, 1.82) is 0 Å². The smallest absolute Gasteiger partial charge is 0.344 e. The van der Waals surface area contributed by atoms with E-state index in [9.17, 15) is 9.59 Å². The first-order valence-electron chi connectivity index (χ1n) is 7.48. The Labute approximate surface area is 139 Å². The van der Waals surface area contributed by atoms with Crippen molar-refractivity contribution in [2.24, 2.45) is 0 Å². The predicted molar refractivity (Wildman–Crippen MR) is 93.6 cm³/mol. The summed E-state index contributed by atoms with van der Waals surface area (Å²) in [7, 11) is 3.91. The lowest BCUT2D eigenvalue weighted by Gasteiger charge is -2.12. The molecule has 0 N–H and O–H groups in total. The molecule has 3 rings (SSSR count). The van der Waals surface area contributed by atoms with Crippen molar-refractivity contribution in [3.05, 3.63) is 59.0 Å². The number of fused-ring (bicyclic) bond motifs is 1. The number of nitrogens with zero attached hydrogens (tertiary/aromatic N) is 1. The van der Waals surface area contributed by atoms with Crippen molar-refractivity contribution in [3.63, 3.8) is 0 Å². The fourth-order valence-electron chi connectivity index (χ4n) is 2.47. The maximum Gasteiger partial charge on any atom is 0.344 e. The van der Waals surface area contributed by atoms with Gasteiger partial charge in [-0.3, -0.25) is 4.79 Å². The molecular weight excluding hydrogens is 306 g/mol. The molecule has 0 aliphatic heterocycles. The standard InChI is InChI=1S/C19H17NO4/c1-12(21)23-16-8-9-18-14(10-16)11-17(19(22)24-18)13-4-6-15(7-5-13)20(2)3/h4-11H,1-3H3. The highest BCUT2D eigenvalue weighted by molar-refractivity contribution is 5.84. The van der Waals surface area contributed by atoms with Gasteiger partial charge >= 0.3 is 11.6 Å². The number of esters is 1. The van der Waals surface area contributed by atoms with Gasteiger partial charge in [-0.25, -0.2) is 4.79 Å². The molecule has 0 fully saturated rings. The van der Waals surface area contributed by atoms with Gasteiger partial charge in [-0.2, -0.15) is 0 Å². The van der Waals surface area contributed by atoms with E-state index >= 15 is 0 Å². The summed E-state index contributed by atoms with van der Waals surface area (Å²) in [5.74, 6) is 0.0176. The van der Waals surface area contributed by atoms with Crippen LogP contribution < -0.4 is 15.3 Å². The molecule has 3 aromatic rings. The summed E-state index contributed by atoms with van der Waals surface area (Å²) in [5, 5.41) is 0.694. The number of carbonyl (C=O) groups excluding carboxylic acids is 1. The van der Waals surface area contributed by atoms with E-state index in [1.165, 1.54) is 6.92 Å². The van der Waals surface area contributed by atoms with Gasteiger partial charge in [0.25, 0.3) is 0 Å². The Kier molecular flexibility index (Phi) is 4.08. The highest BCUT2D eigenvalue weighted by Gasteiger charge is 2.10. The van der Waals surface area contributed by atoms with Crippen LogP contribution in [0.4, 0.5) is 5.69 Å². The Hall–Kier alpha value is -3.08. The van der Waals surface area contributed by atoms with Gasteiger partial charge in [-0.1, -0.05) is 12.1 Å². The van der Waals surface area contributed by atoms with Gasteiger partial charge in [-0.15, -0.1) is 0 Å². The third-order valence-corrected chi connectivity index (χ3v) is 3.66. The van der Waals surface area contributed by atoms with E-state index in [2.05, 4.69) is 0 Å². The summed E-state index contributed by atoms with van der Waals surface area (Å²) in [5.41, 5.74) is 2.33. The molecule has 2 aromatic carbocycles. The molecule has 0 bridgehead atoms. The minimum absolute atomic E-state index is 0.397. The van der Waals surface area contributed by atoms with Crippen LogP contribution >= 0.6 is 0 Å². The zero-order valence-electron chi connectivity index (χ0n) is 13.7. The molecule has 1 aromatic heterocycles. The molecule has 0 saturated heterocycles. The summed E-state index contributed by atoms with van der Waals surface area (Å²) in [6.45, 7) is 1.34. The predicted octanol–water partition coefficient (Wildman–Crippen LogP) is 3.45. The van der Waals surface area contributed by atoms with E-state index in [0.717, 1.165) is 11.3 Å². The molecule has 0 aliphatic carbocycles. The van der Waals surface area contributed by atoms with Crippen molar-refractivity contribution >= 4 is 22.6 Å². The zero-order chi connectivity index (χ0) is 17.3. The minimum atomic E-state index is -0.402. The van der Waals surface area contributed by atoms with Crippen LogP contribution in [0.25, 0.3) is 22.1 Å².